The van der Waals surface area contributed by atoms with Crippen molar-refractivity contribution in [2.45, 2.75) is 26.3 Å². The van der Waals surface area contributed by atoms with Crippen LogP contribution in [0.4, 0.5) is 0 Å². The Morgan fingerprint density at radius 3 is 2.92 bits per heavy atom. The van der Waals surface area contributed by atoms with Crippen LogP contribution in [-0.2, 0) is 0 Å². The van der Waals surface area contributed by atoms with E-state index < -0.39 is 0 Å². The highest BCUT2D eigenvalue weighted by Crippen LogP contribution is 2.10. The maximum Gasteiger partial charge on any atom is 0.293 e. The fraction of sp³-hybridized carbons (Fsp3) is 0.500. The summed E-state index contributed by atoms with van der Waals surface area (Å²) >= 11 is 0. The molecule has 4 heteroatoms. The Hall–Kier alpha value is -1.34. The van der Waals surface area contributed by atoms with E-state index in [9.17, 15) is 0 Å². The van der Waals surface area contributed by atoms with Crippen molar-refractivity contribution in [2.75, 3.05) is 0 Å². The number of aromatic nitrogens is 2. The van der Waals surface area contributed by atoms with Crippen molar-refractivity contribution in [3.8, 4) is 11.8 Å². The fourth-order valence-corrected chi connectivity index (χ4v) is 0.716. The van der Waals surface area contributed by atoms with Gasteiger partial charge in [0.1, 0.15) is 0 Å². The SMILES string of the molecule is CC#Cc1nnc([C@H](N)CC)o1. The number of hydrogen-bond donors (Lipinski definition) is 1. The molecule has 12 heavy (non-hydrogen) atoms. The van der Waals surface area contributed by atoms with Crippen molar-refractivity contribution in [3.63, 3.8) is 0 Å². The van der Waals surface area contributed by atoms with E-state index in [-0.39, 0.29) is 6.04 Å². The summed E-state index contributed by atoms with van der Waals surface area (Å²) in [5.74, 6) is 6.11. The Kier molecular flexibility index (Phi) is 2.83. The first-order valence-electron chi connectivity index (χ1n) is 3.79. The van der Waals surface area contributed by atoms with Crippen molar-refractivity contribution in [1.82, 2.24) is 10.2 Å². The minimum Gasteiger partial charge on any atom is -0.413 e. The van der Waals surface area contributed by atoms with E-state index in [1.54, 1.807) is 6.92 Å². The Balaban J connectivity index is 2.81. The summed E-state index contributed by atoms with van der Waals surface area (Å²) in [7, 11) is 0. The maximum absolute atomic E-state index is 5.66. The molecule has 4 nitrogen and oxygen atoms in total. The molecule has 1 aromatic heterocycles. The standard InChI is InChI=1S/C8H11N3O/c1-3-5-7-10-11-8(12-7)6(9)4-2/h6H,4,9H2,1-2H3/t6-/m1/s1. The normalized spacial score (nSPS) is 11.9. The second-order valence-electron chi connectivity index (χ2n) is 2.34. The smallest absolute Gasteiger partial charge is 0.293 e. The molecule has 1 aromatic rings. The molecule has 1 atom stereocenters. The van der Waals surface area contributed by atoms with E-state index in [2.05, 4.69) is 22.0 Å². The molecule has 0 fully saturated rings. The highest BCUT2D eigenvalue weighted by molar-refractivity contribution is 5.15. The van der Waals surface area contributed by atoms with Crippen molar-refractivity contribution >= 4 is 0 Å². The maximum atomic E-state index is 5.66. The van der Waals surface area contributed by atoms with Crippen molar-refractivity contribution in [2.24, 2.45) is 5.73 Å². The molecule has 0 spiro atoms. The quantitative estimate of drug-likeness (QED) is 0.660. The van der Waals surface area contributed by atoms with E-state index in [0.717, 1.165) is 6.42 Å². The summed E-state index contributed by atoms with van der Waals surface area (Å²) in [5, 5.41) is 7.47. The highest BCUT2D eigenvalue weighted by Gasteiger charge is 2.10. The van der Waals surface area contributed by atoms with E-state index >= 15 is 0 Å². The molecule has 0 amide bonds. The number of rotatable bonds is 2. The lowest BCUT2D eigenvalue weighted by atomic mass is 10.2. The topological polar surface area (TPSA) is 64.9 Å². The van der Waals surface area contributed by atoms with Crippen LogP contribution in [0.15, 0.2) is 4.42 Å². The van der Waals surface area contributed by atoms with E-state index in [1.165, 1.54) is 0 Å². The first-order valence-corrected chi connectivity index (χ1v) is 3.79. The number of hydrogen-bond acceptors (Lipinski definition) is 4. The summed E-state index contributed by atoms with van der Waals surface area (Å²) in [5.41, 5.74) is 5.66. The minimum absolute atomic E-state index is 0.176. The van der Waals surface area contributed by atoms with Crippen molar-refractivity contribution in [1.29, 1.82) is 0 Å². The second-order valence-corrected chi connectivity index (χ2v) is 2.34. The Morgan fingerprint density at radius 2 is 2.33 bits per heavy atom. The van der Waals surface area contributed by atoms with Gasteiger partial charge in [0, 0.05) is 0 Å². The van der Waals surface area contributed by atoms with Gasteiger partial charge in [-0.1, -0.05) is 17.9 Å². The van der Waals surface area contributed by atoms with Gasteiger partial charge in [-0.05, 0) is 19.3 Å². The summed E-state index contributed by atoms with van der Waals surface area (Å²) < 4.78 is 5.16. The van der Waals surface area contributed by atoms with Crippen LogP contribution in [0, 0.1) is 11.8 Å². The van der Waals surface area contributed by atoms with Crippen molar-refractivity contribution in [3.05, 3.63) is 11.8 Å². The lowest BCUT2D eigenvalue weighted by Crippen LogP contribution is -2.08. The third kappa shape index (κ3) is 1.83. The van der Waals surface area contributed by atoms with Crippen LogP contribution in [0.3, 0.4) is 0 Å². The molecule has 1 heterocycles. The minimum atomic E-state index is -0.176. The molecule has 0 unspecified atom stereocenters. The van der Waals surface area contributed by atoms with Crippen LogP contribution in [0.2, 0.25) is 0 Å². The molecule has 0 saturated heterocycles. The van der Waals surface area contributed by atoms with E-state index in [0.29, 0.717) is 11.8 Å². The van der Waals surface area contributed by atoms with Gasteiger partial charge in [-0.15, -0.1) is 5.10 Å². The predicted octanol–water partition coefficient (Wildman–Crippen LogP) is 0.851. The predicted molar refractivity (Wildman–Crippen MR) is 44.1 cm³/mol. The Bertz CT molecular complexity index is 308. The summed E-state index contributed by atoms with van der Waals surface area (Å²) in [4.78, 5) is 0. The van der Waals surface area contributed by atoms with Crippen LogP contribution in [0.25, 0.3) is 0 Å². The van der Waals surface area contributed by atoms with Gasteiger partial charge in [-0.2, -0.15) is 0 Å². The van der Waals surface area contributed by atoms with E-state index in [1.807, 2.05) is 6.92 Å². The highest BCUT2D eigenvalue weighted by atomic mass is 16.4. The monoisotopic (exact) mass is 165 g/mol. The molecule has 2 N–H and O–H groups in total. The van der Waals surface area contributed by atoms with E-state index in [4.69, 9.17) is 10.2 Å². The summed E-state index contributed by atoms with van der Waals surface area (Å²) in [6.45, 7) is 3.67. The van der Waals surface area contributed by atoms with Gasteiger partial charge in [-0.25, -0.2) is 0 Å². The van der Waals surface area contributed by atoms with Crippen LogP contribution in [0.5, 0.6) is 0 Å². The molecule has 0 saturated carbocycles. The first kappa shape index (κ1) is 8.75. The Labute approximate surface area is 71.2 Å². The van der Waals surface area contributed by atoms with Gasteiger partial charge >= 0.3 is 0 Å². The van der Waals surface area contributed by atoms with Gasteiger partial charge in [-0.3, -0.25) is 0 Å². The van der Waals surface area contributed by atoms with Gasteiger partial charge in [0.25, 0.3) is 5.89 Å². The molecule has 0 radical (unpaired) electrons. The zero-order chi connectivity index (χ0) is 8.97. The Morgan fingerprint density at radius 1 is 1.58 bits per heavy atom. The third-order valence-electron chi connectivity index (χ3n) is 1.43. The molecule has 0 bridgehead atoms. The summed E-state index contributed by atoms with van der Waals surface area (Å²) in [6.07, 6.45) is 0.779. The zero-order valence-corrected chi connectivity index (χ0v) is 7.16. The van der Waals surface area contributed by atoms with Gasteiger partial charge in [0.15, 0.2) is 0 Å². The zero-order valence-electron chi connectivity index (χ0n) is 7.16. The van der Waals surface area contributed by atoms with Gasteiger partial charge in [0.05, 0.1) is 6.04 Å². The molecule has 64 valence electrons. The average Bonchev–Trinajstić information content (AvgIpc) is 2.52. The summed E-state index contributed by atoms with van der Waals surface area (Å²) in [6, 6.07) is -0.176. The molecule has 0 aliphatic heterocycles. The third-order valence-corrected chi connectivity index (χ3v) is 1.43. The second kappa shape index (κ2) is 3.88. The molecular formula is C8H11N3O. The number of nitrogens with two attached hydrogens (primary N) is 1. The largest absolute Gasteiger partial charge is 0.413 e. The first-order chi connectivity index (χ1) is 5.77. The van der Waals surface area contributed by atoms with Crippen LogP contribution < -0.4 is 5.73 Å². The molecule has 0 aliphatic carbocycles. The number of nitrogens with zero attached hydrogens (tertiary/aromatic N) is 2. The fourth-order valence-electron chi connectivity index (χ4n) is 0.716. The lowest BCUT2D eigenvalue weighted by molar-refractivity contribution is 0.437. The molecule has 0 aromatic carbocycles. The molecule has 1 rings (SSSR count). The molecule has 0 aliphatic rings. The van der Waals surface area contributed by atoms with Crippen LogP contribution in [0.1, 0.15) is 38.1 Å². The van der Waals surface area contributed by atoms with Crippen LogP contribution in [-0.4, -0.2) is 10.2 Å². The average molecular weight is 165 g/mol. The van der Waals surface area contributed by atoms with Crippen molar-refractivity contribution < 1.29 is 4.42 Å². The van der Waals surface area contributed by atoms with Gasteiger partial charge < -0.3 is 10.2 Å². The van der Waals surface area contributed by atoms with Crippen LogP contribution >= 0.6 is 0 Å². The van der Waals surface area contributed by atoms with Gasteiger partial charge in [0.2, 0.25) is 5.89 Å². The lowest BCUT2D eigenvalue weighted by Gasteiger charge is -1.99. The molecular weight excluding hydrogens is 154 g/mol.